The molecule has 0 unspecified atom stereocenters. The van der Waals surface area contributed by atoms with Crippen molar-refractivity contribution < 1.29 is 0 Å². The highest BCUT2D eigenvalue weighted by Gasteiger charge is 2.55. The van der Waals surface area contributed by atoms with Crippen LogP contribution in [0.1, 0.15) is 0 Å². The fourth-order valence-electron chi connectivity index (χ4n) is 11.0. The molecule has 5 aliphatic heterocycles. The average molecular weight is 693 g/mol. The Morgan fingerprint density at radius 2 is 0.745 bits per heavy atom. The molecule has 0 fully saturated rings. The number of anilines is 8. The Balaban J connectivity index is 1.20. The van der Waals surface area contributed by atoms with Gasteiger partial charge in [-0.2, -0.15) is 0 Å². The molecule has 3 nitrogen and oxygen atoms in total. The monoisotopic (exact) mass is 693 g/mol. The van der Waals surface area contributed by atoms with E-state index in [1.165, 1.54) is 117 Å². The molecule has 0 atom stereocenters. The lowest BCUT2D eigenvalue weighted by Gasteiger charge is -2.54. The van der Waals surface area contributed by atoms with Gasteiger partial charge >= 0.3 is 6.85 Å². The molecule has 0 saturated carbocycles. The highest BCUT2D eigenvalue weighted by molar-refractivity contribution is 7.05. The van der Waals surface area contributed by atoms with Crippen LogP contribution in [0.5, 0.6) is 0 Å². The van der Waals surface area contributed by atoms with E-state index in [2.05, 4.69) is 191 Å². The summed E-state index contributed by atoms with van der Waals surface area (Å²) in [4.78, 5) is 7.84. The van der Waals surface area contributed by atoms with Crippen LogP contribution in [0.25, 0.3) is 43.8 Å². The van der Waals surface area contributed by atoms with Crippen LogP contribution in [0, 0.1) is 0 Å². The maximum Gasteiger partial charge on any atom is 0.329 e. The zero-order valence-corrected chi connectivity index (χ0v) is 29.7. The molecule has 0 bridgehead atoms. The zero-order valence-electron chi connectivity index (χ0n) is 29.7. The molecule has 5 aliphatic rings. The van der Waals surface area contributed by atoms with Crippen LogP contribution in [-0.2, 0) is 0 Å². The first-order valence-corrected chi connectivity index (χ1v) is 19.3. The first-order chi connectivity index (χ1) is 27.3. The molecule has 250 valence electrons. The number of rotatable bonds is 2. The molecular formula is C50H29B2N3. The Kier molecular flexibility index (Phi) is 5.16. The third-order valence-electron chi connectivity index (χ3n) is 13.1. The van der Waals surface area contributed by atoms with Gasteiger partial charge in [0, 0.05) is 56.6 Å². The number of hydrogen-bond acceptors (Lipinski definition) is 3. The third kappa shape index (κ3) is 3.42. The summed E-state index contributed by atoms with van der Waals surface area (Å²) in [7, 11) is 0. The van der Waals surface area contributed by atoms with Gasteiger partial charge in [0.05, 0.1) is 0 Å². The lowest BCUT2D eigenvalue weighted by atomic mass is 9.29. The number of benzene rings is 9. The van der Waals surface area contributed by atoms with Crippen LogP contribution in [0.4, 0.5) is 45.5 Å². The molecule has 5 heteroatoms. The maximum atomic E-state index is 2.78. The van der Waals surface area contributed by atoms with Gasteiger partial charge < -0.3 is 14.6 Å². The van der Waals surface area contributed by atoms with Crippen molar-refractivity contribution in [2.45, 2.75) is 0 Å². The van der Waals surface area contributed by atoms with E-state index >= 15 is 0 Å². The molecule has 0 saturated heterocycles. The van der Waals surface area contributed by atoms with E-state index < -0.39 is 0 Å². The van der Waals surface area contributed by atoms with Crippen LogP contribution >= 0.6 is 0 Å². The average Bonchev–Trinajstić information content (AvgIpc) is 3.25. The number of para-hydroxylation sites is 2. The summed E-state index contributed by atoms with van der Waals surface area (Å²) in [6, 6.07) is 66.3. The van der Waals surface area contributed by atoms with Crippen LogP contribution in [-0.4, -0.2) is 13.6 Å². The van der Waals surface area contributed by atoms with Crippen molar-refractivity contribution in [1.82, 2.24) is 0 Å². The quantitative estimate of drug-likeness (QED) is 0.167. The molecule has 14 rings (SSSR count). The largest absolute Gasteiger partial charge is 0.377 e. The number of fused-ring (bicyclic) bond motifs is 8. The maximum absolute atomic E-state index is 2.78. The van der Waals surface area contributed by atoms with Crippen molar-refractivity contribution in [3.8, 4) is 22.3 Å². The van der Waals surface area contributed by atoms with Gasteiger partial charge in [0.2, 0.25) is 0 Å². The van der Waals surface area contributed by atoms with Gasteiger partial charge in [0.25, 0.3) is 6.71 Å². The fraction of sp³-hybridized carbons (Fsp3) is 0. The van der Waals surface area contributed by atoms with Crippen molar-refractivity contribution in [3.63, 3.8) is 0 Å². The molecule has 9 aromatic carbocycles. The molecule has 0 N–H and O–H groups in total. The second kappa shape index (κ2) is 9.96. The van der Waals surface area contributed by atoms with Crippen LogP contribution in [0.3, 0.4) is 0 Å². The lowest BCUT2D eigenvalue weighted by Crippen LogP contribution is -2.71. The first kappa shape index (κ1) is 28.5. The summed E-state index contributed by atoms with van der Waals surface area (Å²) >= 11 is 0. The Labute approximate surface area is 319 Å². The highest BCUT2D eigenvalue weighted by Crippen LogP contribution is 2.55. The summed E-state index contributed by atoms with van der Waals surface area (Å²) in [5, 5.41) is 5.13. The smallest absolute Gasteiger partial charge is 0.329 e. The summed E-state index contributed by atoms with van der Waals surface area (Å²) in [5.41, 5.74) is 22.4. The third-order valence-corrected chi connectivity index (χ3v) is 13.1. The number of nitrogens with zero attached hydrogens (tertiary/aromatic N) is 3. The lowest BCUT2D eigenvalue weighted by molar-refractivity contribution is 1.23. The summed E-state index contributed by atoms with van der Waals surface area (Å²) in [6.45, 7) is 0.0778. The van der Waals surface area contributed by atoms with Crippen molar-refractivity contribution in [3.05, 3.63) is 176 Å². The zero-order chi connectivity index (χ0) is 35.5. The van der Waals surface area contributed by atoms with Gasteiger partial charge in [0.1, 0.15) is 0 Å². The van der Waals surface area contributed by atoms with Crippen molar-refractivity contribution in [1.29, 1.82) is 0 Å². The Hall–Kier alpha value is -6.97. The minimum atomic E-state index is 0.00656. The standard InChI is InChI=1S/C50H29B2N3/c1-3-16-34(17-4-1)53-42-20-11-21-43-46(42)51-47-44(53)24-22-36-38-26-30-12-7-9-14-32(30)28-40(38)52-41-29-33-15-10-8-13-31(33)27-39(41)37-23-25-45(48(51)50(37)55(52)49(36)47)54(43)35-18-5-2-6-19-35/h1-29H. The molecular weight excluding hydrogens is 664 g/mol. The van der Waals surface area contributed by atoms with E-state index in [0.29, 0.717) is 0 Å². The van der Waals surface area contributed by atoms with E-state index in [1.807, 2.05) is 0 Å². The molecule has 5 heterocycles. The topological polar surface area (TPSA) is 9.72 Å². The van der Waals surface area contributed by atoms with Crippen molar-refractivity contribution >= 4 is 108 Å². The van der Waals surface area contributed by atoms with Crippen molar-refractivity contribution in [2.24, 2.45) is 0 Å². The van der Waals surface area contributed by atoms with Crippen LogP contribution in [0.2, 0.25) is 0 Å². The Bertz CT molecular complexity index is 2990. The predicted molar refractivity (Wildman–Crippen MR) is 234 cm³/mol. The molecule has 0 aromatic heterocycles. The van der Waals surface area contributed by atoms with Crippen molar-refractivity contribution in [2.75, 3.05) is 14.6 Å². The summed E-state index contributed by atoms with van der Waals surface area (Å²) in [5.74, 6) is 0. The first-order valence-electron chi connectivity index (χ1n) is 19.3. The van der Waals surface area contributed by atoms with Gasteiger partial charge in [-0.05, 0) is 121 Å². The van der Waals surface area contributed by atoms with E-state index in [-0.39, 0.29) is 13.6 Å². The predicted octanol–water partition coefficient (Wildman–Crippen LogP) is 9.29. The van der Waals surface area contributed by atoms with E-state index in [9.17, 15) is 0 Å². The van der Waals surface area contributed by atoms with Gasteiger partial charge in [0.15, 0.2) is 0 Å². The second-order valence-electron chi connectivity index (χ2n) is 15.6. The second-order valence-corrected chi connectivity index (χ2v) is 15.6. The van der Waals surface area contributed by atoms with Gasteiger partial charge in [-0.1, -0.05) is 115 Å². The fourth-order valence-corrected chi connectivity index (χ4v) is 11.0. The van der Waals surface area contributed by atoms with Gasteiger partial charge in [-0.3, -0.25) is 0 Å². The normalized spacial score (nSPS) is 14.4. The van der Waals surface area contributed by atoms with Gasteiger partial charge in [-0.15, -0.1) is 0 Å². The highest BCUT2D eigenvalue weighted by atomic mass is 15.2. The molecule has 0 spiro atoms. The molecule has 0 aliphatic carbocycles. The molecule has 0 radical (unpaired) electrons. The van der Waals surface area contributed by atoms with Crippen LogP contribution in [0.15, 0.2) is 176 Å². The molecule has 9 aromatic rings. The van der Waals surface area contributed by atoms with Gasteiger partial charge in [-0.25, -0.2) is 0 Å². The Morgan fingerprint density at radius 3 is 1.22 bits per heavy atom. The molecule has 0 amide bonds. The Morgan fingerprint density at radius 1 is 0.327 bits per heavy atom. The summed E-state index contributed by atoms with van der Waals surface area (Å²) in [6.07, 6.45) is 0. The van der Waals surface area contributed by atoms with E-state index in [4.69, 9.17) is 0 Å². The SMILES string of the molecule is c1ccc(N2c3cccc4c3B3c5c2ccc2c5N5B(c6cc7ccccc7cc6-2)c2cc6ccccc6cc2-c2ccc(c3c25)N4c2ccccc2)cc1. The minimum absolute atomic E-state index is 0.00656. The molecule has 55 heavy (non-hydrogen) atoms. The van der Waals surface area contributed by atoms with E-state index in [1.54, 1.807) is 0 Å². The number of hydrogen-bond donors (Lipinski definition) is 0. The van der Waals surface area contributed by atoms with Crippen LogP contribution < -0.4 is 41.9 Å². The van der Waals surface area contributed by atoms with E-state index in [0.717, 1.165) is 0 Å². The summed E-state index contributed by atoms with van der Waals surface area (Å²) < 4.78 is 0. The minimum Gasteiger partial charge on any atom is -0.377 e.